The second-order valence-electron chi connectivity index (χ2n) is 3.42. The number of rotatable bonds is 1. The molecule has 1 aliphatic heterocycles. The Bertz CT molecular complexity index is 269. The van der Waals surface area contributed by atoms with Crippen molar-refractivity contribution in [1.82, 2.24) is 10.3 Å². The predicted octanol–water partition coefficient (Wildman–Crippen LogP) is 1.56. The maximum Gasteiger partial charge on any atom is 0.129 e. The van der Waals surface area contributed by atoms with E-state index in [-0.39, 0.29) is 6.61 Å². The van der Waals surface area contributed by atoms with Crippen LogP contribution in [-0.2, 0) is 6.61 Å². The zero-order chi connectivity index (χ0) is 12.9. The molecular formula is C12H22ClN3O. The lowest BCUT2D eigenvalue weighted by Crippen LogP contribution is -2.21. The Morgan fingerprint density at radius 3 is 2.24 bits per heavy atom. The summed E-state index contributed by atoms with van der Waals surface area (Å²) in [6.45, 7) is 2.44. The van der Waals surface area contributed by atoms with Crippen molar-refractivity contribution in [3.8, 4) is 0 Å². The van der Waals surface area contributed by atoms with Gasteiger partial charge < -0.3 is 16.2 Å². The topological polar surface area (TPSA) is 71.2 Å². The quantitative estimate of drug-likeness (QED) is 0.670. The van der Waals surface area contributed by atoms with Crippen molar-refractivity contribution >= 4 is 11.6 Å². The van der Waals surface area contributed by atoms with Gasteiger partial charge in [-0.1, -0.05) is 24.1 Å². The maximum absolute atomic E-state index is 8.54. The number of nitrogens with one attached hydrogen (secondary N) is 1. The second-order valence-corrected chi connectivity index (χ2v) is 3.81. The van der Waals surface area contributed by atoms with Crippen LogP contribution in [0.5, 0.6) is 0 Å². The molecule has 17 heavy (non-hydrogen) atoms. The van der Waals surface area contributed by atoms with Gasteiger partial charge in [0.1, 0.15) is 5.15 Å². The minimum Gasteiger partial charge on any atom is -0.390 e. The molecule has 0 amide bonds. The molecule has 0 bridgehead atoms. The number of hydrogen-bond acceptors (Lipinski definition) is 4. The van der Waals surface area contributed by atoms with Crippen LogP contribution in [0, 0.1) is 0 Å². The standard InChI is InChI=1S/C6H6ClNO.C5H11N.CH5N/c7-6-3-1-2-5(4-9)8-6;1-2-4-6-5-3-1;1-2/h1-3,9H,4H2;6H,1-5H2;2H2,1H3. The van der Waals surface area contributed by atoms with Gasteiger partial charge in [-0.05, 0) is 45.1 Å². The third-order valence-electron chi connectivity index (χ3n) is 2.14. The molecule has 1 aromatic rings. The number of pyridine rings is 1. The SMILES string of the molecule is C1CCNCC1.CN.OCc1cccc(Cl)n1. The van der Waals surface area contributed by atoms with Crippen LogP contribution in [0.1, 0.15) is 25.0 Å². The van der Waals surface area contributed by atoms with E-state index in [1.54, 1.807) is 18.2 Å². The lowest BCUT2D eigenvalue weighted by Gasteiger charge is -2.08. The highest BCUT2D eigenvalue weighted by Gasteiger charge is 1.93. The average molecular weight is 260 g/mol. The number of piperidine rings is 1. The Morgan fingerprint density at radius 1 is 1.29 bits per heavy atom. The summed E-state index contributed by atoms with van der Waals surface area (Å²) in [6, 6.07) is 5.13. The summed E-state index contributed by atoms with van der Waals surface area (Å²) in [6.07, 6.45) is 4.22. The van der Waals surface area contributed by atoms with E-state index in [0.717, 1.165) is 0 Å². The fourth-order valence-electron chi connectivity index (χ4n) is 1.34. The van der Waals surface area contributed by atoms with E-state index in [4.69, 9.17) is 16.7 Å². The van der Waals surface area contributed by atoms with Crippen LogP contribution in [0.15, 0.2) is 18.2 Å². The first kappa shape index (κ1) is 16.3. The summed E-state index contributed by atoms with van der Waals surface area (Å²) in [5.74, 6) is 0. The summed E-state index contributed by atoms with van der Waals surface area (Å²) < 4.78 is 0. The molecule has 2 heterocycles. The van der Waals surface area contributed by atoms with E-state index in [9.17, 15) is 0 Å². The van der Waals surface area contributed by atoms with Gasteiger partial charge in [0.05, 0.1) is 12.3 Å². The highest BCUT2D eigenvalue weighted by Crippen LogP contribution is 2.03. The molecule has 4 nitrogen and oxygen atoms in total. The number of nitrogens with two attached hydrogens (primary N) is 1. The number of aliphatic hydroxyl groups is 1. The van der Waals surface area contributed by atoms with Gasteiger partial charge in [-0.15, -0.1) is 0 Å². The van der Waals surface area contributed by atoms with Crippen molar-refractivity contribution in [1.29, 1.82) is 0 Å². The van der Waals surface area contributed by atoms with E-state index in [2.05, 4.69) is 16.0 Å². The minimum atomic E-state index is -0.0550. The molecule has 1 aromatic heterocycles. The van der Waals surface area contributed by atoms with E-state index >= 15 is 0 Å². The predicted molar refractivity (Wildman–Crippen MR) is 72.0 cm³/mol. The van der Waals surface area contributed by atoms with Gasteiger partial charge in [0.25, 0.3) is 0 Å². The Kier molecular flexibility index (Phi) is 11.3. The van der Waals surface area contributed by atoms with Crippen molar-refractivity contribution in [3.63, 3.8) is 0 Å². The minimum absolute atomic E-state index is 0.0550. The molecule has 2 rings (SSSR count). The molecule has 0 unspecified atom stereocenters. The molecule has 0 aliphatic carbocycles. The fraction of sp³-hybridized carbons (Fsp3) is 0.583. The van der Waals surface area contributed by atoms with Gasteiger partial charge in [-0.3, -0.25) is 0 Å². The monoisotopic (exact) mass is 259 g/mol. The van der Waals surface area contributed by atoms with Gasteiger partial charge in [-0.2, -0.15) is 0 Å². The molecule has 0 aromatic carbocycles. The molecule has 98 valence electrons. The second kappa shape index (κ2) is 11.8. The zero-order valence-corrected chi connectivity index (χ0v) is 11.1. The van der Waals surface area contributed by atoms with Crippen LogP contribution in [-0.4, -0.2) is 30.2 Å². The third kappa shape index (κ3) is 9.06. The smallest absolute Gasteiger partial charge is 0.129 e. The van der Waals surface area contributed by atoms with Gasteiger partial charge >= 0.3 is 0 Å². The van der Waals surface area contributed by atoms with Crippen LogP contribution in [0.2, 0.25) is 5.15 Å². The fourth-order valence-corrected chi connectivity index (χ4v) is 1.52. The summed E-state index contributed by atoms with van der Waals surface area (Å²) in [5.41, 5.74) is 5.10. The van der Waals surface area contributed by atoms with Crippen LogP contribution in [0.3, 0.4) is 0 Å². The van der Waals surface area contributed by atoms with Crippen molar-refractivity contribution < 1.29 is 5.11 Å². The Balaban J connectivity index is 0.000000278. The summed E-state index contributed by atoms with van der Waals surface area (Å²) in [7, 11) is 1.50. The Hall–Kier alpha value is -0.680. The van der Waals surface area contributed by atoms with Crippen molar-refractivity contribution in [2.45, 2.75) is 25.9 Å². The van der Waals surface area contributed by atoms with Crippen molar-refractivity contribution in [3.05, 3.63) is 29.0 Å². The van der Waals surface area contributed by atoms with E-state index < -0.39 is 0 Å². The molecule has 4 N–H and O–H groups in total. The normalized spacial score (nSPS) is 13.9. The largest absolute Gasteiger partial charge is 0.390 e. The first-order valence-electron chi connectivity index (χ1n) is 5.83. The Morgan fingerprint density at radius 2 is 1.94 bits per heavy atom. The van der Waals surface area contributed by atoms with Crippen molar-refractivity contribution in [2.75, 3.05) is 20.1 Å². The number of aromatic nitrogens is 1. The summed E-state index contributed by atoms with van der Waals surface area (Å²) in [4.78, 5) is 3.81. The van der Waals surface area contributed by atoms with Crippen LogP contribution in [0.4, 0.5) is 0 Å². The molecule has 1 saturated heterocycles. The molecule has 0 radical (unpaired) electrons. The van der Waals surface area contributed by atoms with E-state index in [1.165, 1.54) is 39.4 Å². The molecule has 5 heteroatoms. The van der Waals surface area contributed by atoms with Gasteiger partial charge in [0, 0.05) is 0 Å². The third-order valence-corrected chi connectivity index (χ3v) is 2.35. The first-order valence-corrected chi connectivity index (χ1v) is 6.21. The number of hydrogen-bond donors (Lipinski definition) is 3. The molecular weight excluding hydrogens is 238 g/mol. The average Bonchev–Trinajstić information content (AvgIpc) is 2.43. The van der Waals surface area contributed by atoms with Gasteiger partial charge in [0.2, 0.25) is 0 Å². The van der Waals surface area contributed by atoms with Crippen LogP contribution < -0.4 is 11.1 Å². The maximum atomic E-state index is 8.54. The molecule has 0 spiro atoms. The molecule has 0 atom stereocenters. The lowest BCUT2D eigenvalue weighted by molar-refractivity contribution is 0.277. The molecule has 1 aliphatic rings. The molecule has 1 fully saturated rings. The number of aliphatic hydroxyl groups excluding tert-OH is 1. The zero-order valence-electron chi connectivity index (χ0n) is 10.3. The van der Waals surface area contributed by atoms with Gasteiger partial charge in [-0.25, -0.2) is 4.98 Å². The Labute approximate surface area is 108 Å². The van der Waals surface area contributed by atoms with Crippen LogP contribution in [0.25, 0.3) is 0 Å². The highest BCUT2D eigenvalue weighted by atomic mass is 35.5. The molecule has 0 saturated carbocycles. The lowest BCUT2D eigenvalue weighted by atomic mass is 10.2. The van der Waals surface area contributed by atoms with Gasteiger partial charge in [0.15, 0.2) is 0 Å². The summed E-state index contributed by atoms with van der Waals surface area (Å²) in [5, 5.41) is 12.2. The number of nitrogens with zero attached hydrogens (tertiary/aromatic N) is 1. The van der Waals surface area contributed by atoms with E-state index in [1.807, 2.05) is 0 Å². The first-order chi connectivity index (χ1) is 8.33. The highest BCUT2D eigenvalue weighted by molar-refractivity contribution is 6.29. The van der Waals surface area contributed by atoms with Crippen LogP contribution >= 0.6 is 11.6 Å². The van der Waals surface area contributed by atoms with Crippen molar-refractivity contribution in [2.24, 2.45) is 5.73 Å². The van der Waals surface area contributed by atoms with E-state index in [0.29, 0.717) is 10.8 Å². The summed E-state index contributed by atoms with van der Waals surface area (Å²) >= 11 is 5.50. The number of halogens is 1.